The molecule has 3 heteroatoms. The maximum atomic E-state index is 11.0. The van der Waals surface area contributed by atoms with E-state index in [-0.39, 0.29) is 0 Å². The number of benzene rings is 1. The lowest BCUT2D eigenvalue weighted by atomic mass is 9.62. The van der Waals surface area contributed by atoms with Gasteiger partial charge in [-0.2, -0.15) is 0 Å². The van der Waals surface area contributed by atoms with Crippen molar-refractivity contribution < 1.29 is 9.84 Å². The van der Waals surface area contributed by atoms with Gasteiger partial charge in [-0.3, -0.25) is 0 Å². The monoisotopic (exact) mass is 378 g/mol. The summed E-state index contributed by atoms with van der Waals surface area (Å²) >= 11 is 1.85. The first kappa shape index (κ1) is 21.6. The number of thioether (sulfide) groups is 1. The molecule has 148 valence electrons. The highest BCUT2D eigenvalue weighted by atomic mass is 32.2. The van der Waals surface area contributed by atoms with Crippen molar-refractivity contribution in [2.24, 2.45) is 17.3 Å². The molecule has 2 rings (SSSR count). The number of aliphatic hydroxyl groups is 1. The molecular weight excluding hydrogens is 340 g/mol. The highest BCUT2D eigenvalue weighted by molar-refractivity contribution is 7.99. The third kappa shape index (κ3) is 5.92. The molecule has 26 heavy (non-hydrogen) atoms. The molecule has 1 saturated carbocycles. The number of ether oxygens (including phenoxy) is 1. The summed E-state index contributed by atoms with van der Waals surface area (Å²) in [5, 5.41) is 11.0. The molecule has 1 N–H and O–H groups in total. The van der Waals surface area contributed by atoms with Crippen molar-refractivity contribution in [1.82, 2.24) is 0 Å². The molecule has 0 aromatic heterocycles. The Kier molecular flexibility index (Phi) is 7.90. The lowest BCUT2D eigenvalue weighted by Gasteiger charge is -2.46. The van der Waals surface area contributed by atoms with Crippen molar-refractivity contribution in [1.29, 1.82) is 0 Å². The van der Waals surface area contributed by atoms with E-state index in [4.69, 9.17) is 4.74 Å². The predicted octanol–water partition coefficient (Wildman–Crippen LogP) is 6.56. The minimum atomic E-state index is -0.540. The fourth-order valence-electron chi connectivity index (χ4n) is 4.27. The Morgan fingerprint density at radius 2 is 2.08 bits per heavy atom. The predicted molar refractivity (Wildman–Crippen MR) is 113 cm³/mol. The second-order valence-electron chi connectivity index (χ2n) is 8.96. The number of unbranched alkanes of at least 4 members (excludes halogenated alkanes) is 2. The van der Waals surface area contributed by atoms with Gasteiger partial charge >= 0.3 is 0 Å². The first-order chi connectivity index (χ1) is 12.3. The van der Waals surface area contributed by atoms with Gasteiger partial charge < -0.3 is 9.84 Å². The van der Waals surface area contributed by atoms with Crippen LogP contribution in [0.25, 0.3) is 0 Å². The van der Waals surface area contributed by atoms with Crippen LogP contribution in [0.3, 0.4) is 0 Å². The fourth-order valence-corrected chi connectivity index (χ4v) is 5.53. The van der Waals surface area contributed by atoms with E-state index in [1.165, 1.54) is 30.6 Å². The van der Waals surface area contributed by atoms with E-state index in [1.807, 2.05) is 30.8 Å². The molecule has 0 bridgehead atoms. The van der Waals surface area contributed by atoms with Gasteiger partial charge in [-0.25, -0.2) is 0 Å². The maximum Gasteiger partial charge on any atom is 0.119 e. The molecule has 1 aliphatic rings. The van der Waals surface area contributed by atoms with E-state index >= 15 is 0 Å². The lowest BCUT2D eigenvalue weighted by Crippen LogP contribution is -2.44. The Balaban J connectivity index is 1.98. The van der Waals surface area contributed by atoms with Gasteiger partial charge in [0.25, 0.3) is 0 Å². The topological polar surface area (TPSA) is 29.5 Å². The van der Waals surface area contributed by atoms with Crippen molar-refractivity contribution in [3.63, 3.8) is 0 Å². The van der Waals surface area contributed by atoms with Crippen LogP contribution in [-0.2, 0) is 0 Å². The van der Waals surface area contributed by atoms with Crippen LogP contribution in [0.2, 0.25) is 0 Å². The molecule has 0 radical (unpaired) electrons. The molecule has 1 aromatic rings. The van der Waals surface area contributed by atoms with Gasteiger partial charge in [0.15, 0.2) is 0 Å². The Morgan fingerprint density at radius 3 is 2.77 bits per heavy atom. The van der Waals surface area contributed by atoms with Crippen LogP contribution in [0.15, 0.2) is 29.2 Å². The smallest absolute Gasteiger partial charge is 0.119 e. The number of rotatable bonds is 9. The zero-order chi connectivity index (χ0) is 19.2. The third-order valence-electron chi connectivity index (χ3n) is 6.47. The Hall–Kier alpha value is -0.670. The first-order valence-corrected chi connectivity index (χ1v) is 11.3. The normalized spacial score (nSPS) is 26.7. The summed E-state index contributed by atoms with van der Waals surface area (Å²) in [4.78, 5) is 1.23. The molecule has 1 unspecified atom stereocenters. The molecule has 1 fully saturated rings. The summed E-state index contributed by atoms with van der Waals surface area (Å²) in [7, 11) is 1.71. The van der Waals surface area contributed by atoms with Crippen molar-refractivity contribution in [2.75, 3.05) is 12.9 Å². The number of hydrogen-bond donors (Lipinski definition) is 1. The summed E-state index contributed by atoms with van der Waals surface area (Å²) < 4.78 is 5.33. The first-order valence-electron chi connectivity index (χ1n) is 10.3. The van der Waals surface area contributed by atoms with Crippen LogP contribution in [0, 0.1) is 17.3 Å². The Labute approximate surface area is 165 Å². The van der Waals surface area contributed by atoms with E-state index in [1.54, 1.807) is 7.11 Å². The highest BCUT2D eigenvalue weighted by Crippen LogP contribution is 2.48. The van der Waals surface area contributed by atoms with E-state index in [0.29, 0.717) is 11.3 Å². The van der Waals surface area contributed by atoms with Gasteiger partial charge in [-0.1, -0.05) is 46.1 Å². The molecule has 0 heterocycles. The molecule has 0 saturated heterocycles. The van der Waals surface area contributed by atoms with Crippen molar-refractivity contribution in [3.05, 3.63) is 24.3 Å². The van der Waals surface area contributed by atoms with Crippen LogP contribution in [0.5, 0.6) is 5.75 Å². The highest BCUT2D eigenvalue weighted by Gasteiger charge is 2.42. The van der Waals surface area contributed by atoms with Crippen LogP contribution < -0.4 is 4.74 Å². The molecule has 0 aliphatic heterocycles. The van der Waals surface area contributed by atoms with Gasteiger partial charge in [0.05, 0.1) is 12.7 Å². The fraction of sp³-hybridized carbons (Fsp3) is 0.739. The second-order valence-corrected chi connectivity index (χ2v) is 10.1. The zero-order valence-corrected chi connectivity index (χ0v) is 18.2. The van der Waals surface area contributed by atoms with Gasteiger partial charge in [-0.15, -0.1) is 11.8 Å². The van der Waals surface area contributed by atoms with Crippen LogP contribution in [-0.4, -0.2) is 23.6 Å². The molecule has 1 aromatic carbocycles. The van der Waals surface area contributed by atoms with E-state index in [9.17, 15) is 5.11 Å². The van der Waals surface area contributed by atoms with Crippen LogP contribution in [0.4, 0.5) is 0 Å². The Bertz CT molecular complexity index is 553. The maximum absolute atomic E-state index is 11.0. The SMILES string of the molecule is CCCCCC(C)(C)[C@@H]1CC[C@@](C)(O)C(CSc2cccc(OC)c2)C1. The Morgan fingerprint density at radius 1 is 1.31 bits per heavy atom. The minimum Gasteiger partial charge on any atom is -0.497 e. The van der Waals surface area contributed by atoms with Crippen LogP contribution in [0.1, 0.15) is 72.6 Å². The summed E-state index contributed by atoms with van der Waals surface area (Å²) in [5.74, 6) is 2.94. The van der Waals surface area contributed by atoms with E-state index < -0.39 is 5.60 Å². The largest absolute Gasteiger partial charge is 0.497 e. The average Bonchev–Trinajstić information content (AvgIpc) is 2.60. The van der Waals surface area contributed by atoms with Crippen molar-refractivity contribution in [3.8, 4) is 5.75 Å². The zero-order valence-electron chi connectivity index (χ0n) is 17.4. The standard InChI is InChI=1S/C23H38O2S/c1-6-7-8-13-22(2,3)18-12-14-23(4,24)19(15-18)17-26-21-11-9-10-20(16-21)25-5/h9-11,16,18-19,24H,6-8,12-15,17H2,1-5H3/t18-,19?,23-/m1/s1. The molecular formula is C23H38O2S. The summed E-state index contributed by atoms with van der Waals surface area (Å²) in [6, 6.07) is 8.25. The molecule has 0 spiro atoms. The lowest BCUT2D eigenvalue weighted by molar-refractivity contribution is -0.0563. The molecule has 3 atom stereocenters. The minimum absolute atomic E-state index is 0.350. The third-order valence-corrected chi connectivity index (χ3v) is 7.63. The van der Waals surface area contributed by atoms with Crippen LogP contribution >= 0.6 is 11.8 Å². The van der Waals surface area contributed by atoms with E-state index in [0.717, 1.165) is 36.7 Å². The van der Waals surface area contributed by atoms with Crippen molar-refractivity contribution >= 4 is 11.8 Å². The number of methoxy groups -OCH3 is 1. The summed E-state index contributed by atoms with van der Waals surface area (Å²) in [6.45, 7) is 9.21. The summed E-state index contributed by atoms with van der Waals surface area (Å²) in [5.41, 5.74) is -0.160. The molecule has 2 nitrogen and oxygen atoms in total. The van der Waals surface area contributed by atoms with Crippen molar-refractivity contribution in [2.45, 2.75) is 83.1 Å². The summed E-state index contributed by atoms with van der Waals surface area (Å²) in [6.07, 6.45) is 8.50. The average molecular weight is 379 g/mol. The van der Waals surface area contributed by atoms with Gasteiger partial charge in [-0.05, 0) is 68.1 Å². The second kappa shape index (κ2) is 9.50. The quantitative estimate of drug-likeness (QED) is 0.390. The van der Waals surface area contributed by atoms with E-state index in [2.05, 4.69) is 32.9 Å². The molecule has 1 aliphatic carbocycles. The van der Waals surface area contributed by atoms with Gasteiger partial charge in [0, 0.05) is 10.6 Å². The van der Waals surface area contributed by atoms with Gasteiger partial charge in [0.2, 0.25) is 0 Å². The molecule has 0 amide bonds. The van der Waals surface area contributed by atoms with Gasteiger partial charge in [0.1, 0.15) is 5.75 Å². The number of hydrogen-bond acceptors (Lipinski definition) is 3.